The summed E-state index contributed by atoms with van der Waals surface area (Å²) < 4.78 is 11.7. The van der Waals surface area contributed by atoms with Gasteiger partial charge in [0.1, 0.15) is 5.69 Å². The second-order valence-electron chi connectivity index (χ2n) is 4.82. The summed E-state index contributed by atoms with van der Waals surface area (Å²) in [5.41, 5.74) is 1.44. The molecule has 0 bridgehead atoms. The van der Waals surface area contributed by atoms with Gasteiger partial charge < -0.3 is 14.4 Å². The molecule has 2 rings (SSSR count). The van der Waals surface area contributed by atoms with Crippen LogP contribution in [-0.2, 0) is 27.2 Å². The second kappa shape index (κ2) is 6.71. The molecule has 7 nitrogen and oxygen atoms in total. The van der Waals surface area contributed by atoms with E-state index in [0.29, 0.717) is 25.4 Å². The maximum absolute atomic E-state index is 12.6. The molecule has 0 spiro atoms. The Kier molecular flexibility index (Phi) is 4.95. The largest absolute Gasteiger partial charge is 0.467 e. The summed E-state index contributed by atoms with van der Waals surface area (Å²) in [6.07, 6.45) is 0.0672. The molecule has 0 aromatic carbocycles. The number of aryl methyl sites for hydroxylation is 2. The lowest BCUT2D eigenvalue weighted by molar-refractivity contribution is -0.158. The number of nitrogens with zero attached hydrogens (tertiary/aromatic N) is 3. The number of morpholine rings is 1. The molecule has 21 heavy (non-hydrogen) atoms. The zero-order valence-electron chi connectivity index (χ0n) is 12.7. The van der Waals surface area contributed by atoms with Gasteiger partial charge in [-0.2, -0.15) is 5.10 Å². The summed E-state index contributed by atoms with van der Waals surface area (Å²) in [5.74, 6) is -0.577. The number of ether oxygens (including phenoxy) is 2. The smallest absolute Gasteiger partial charge is 0.336 e. The molecule has 1 unspecified atom stereocenters. The van der Waals surface area contributed by atoms with Crippen LogP contribution in [0.2, 0.25) is 0 Å². The van der Waals surface area contributed by atoms with E-state index in [1.165, 1.54) is 7.11 Å². The number of rotatable bonds is 4. The van der Waals surface area contributed by atoms with Crippen molar-refractivity contribution in [2.45, 2.75) is 32.9 Å². The number of hydrogen-bond donors (Lipinski definition) is 0. The van der Waals surface area contributed by atoms with Crippen LogP contribution < -0.4 is 0 Å². The molecular weight excluding hydrogens is 274 g/mol. The average Bonchev–Trinajstić information content (AvgIpc) is 2.96. The molecule has 1 aliphatic heterocycles. The minimum atomic E-state index is -0.712. The van der Waals surface area contributed by atoms with Crippen LogP contribution in [0.25, 0.3) is 0 Å². The van der Waals surface area contributed by atoms with Gasteiger partial charge in [0.25, 0.3) is 5.91 Å². The van der Waals surface area contributed by atoms with E-state index in [1.807, 2.05) is 19.9 Å². The summed E-state index contributed by atoms with van der Waals surface area (Å²) in [4.78, 5) is 25.8. The summed E-state index contributed by atoms with van der Waals surface area (Å²) >= 11 is 0. The standard InChI is InChI=1S/C14H21N3O4/c1-4-10-8-11(17(5-2)15-10)13(18)16-6-7-21-12(9-16)14(19)20-3/h8,12H,4-7,9H2,1-3H3. The molecule has 2 heterocycles. The van der Waals surface area contributed by atoms with Crippen LogP contribution in [0, 0.1) is 0 Å². The molecule has 1 aromatic heterocycles. The highest BCUT2D eigenvalue weighted by atomic mass is 16.6. The number of hydrogen-bond acceptors (Lipinski definition) is 5. The van der Waals surface area contributed by atoms with Gasteiger partial charge in [0.15, 0.2) is 6.10 Å². The fourth-order valence-electron chi connectivity index (χ4n) is 2.33. The van der Waals surface area contributed by atoms with Crippen molar-refractivity contribution in [2.75, 3.05) is 26.8 Å². The van der Waals surface area contributed by atoms with Crippen molar-refractivity contribution in [3.63, 3.8) is 0 Å². The fraction of sp³-hybridized carbons (Fsp3) is 0.643. The van der Waals surface area contributed by atoms with Gasteiger partial charge in [-0.15, -0.1) is 0 Å². The van der Waals surface area contributed by atoms with E-state index in [0.717, 1.165) is 12.1 Å². The predicted molar refractivity (Wildman–Crippen MR) is 74.9 cm³/mol. The van der Waals surface area contributed by atoms with Crippen LogP contribution in [0.5, 0.6) is 0 Å². The van der Waals surface area contributed by atoms with Crippen molar-refractivity contribution in [3.05, 3.63) is 17.5 Å². The Balaban J connectivity index is 2.15. The van der Waals surface area contributed by atoms with E-state index in [1.54, 1.807) is 9.58 Å². The first kappa shape index (κ1) is 15.5. The van der Waals surface area contributed by atoms with E-state index in [2.05, 4.69) is 9.84 Å². The molecule has 0 saturated carbocycles. The van der Waals surface area contributed by atoms with Crippen LogP contribution in [0.3, 0.4) is 0 Å². The number of carbonyl (C=O) groups is 2. The van der Waals surface area contributed by atoms with Gasteiger partial charge in [0, 0.05) is 13.1 Å². The lowest BCUT2D eigenvalue weighted by Crippen LogP contribution is -2.49. The fourth-order valence-corrected chi connectivity index (χ4v) is 2.33. The van der Waals surface area contributed by atoms with Crippen LogP contribution in [0.15, 0.2) is 6.07 Å². The highest BCUT2D eigenvalue weighted by Gasteiger charge is 2.31. The van der Waals surface area contributed by atoms with Gasteiger partial charge in [0.2, 0.25) is 0 Å². The van der Waals surface area contributed by atoms with Gasteiger partial charge in [0.05, 0.1) is 26.0 Å². The van der Waals surface area contributed by atoms with Crippen molar-refractivity contribution < 1.29 is 19.1 Å². The number of carbonyl (C=O) groups excluding carboxylic acids is 2. The molecule has 7 heteroatoms. The van der Waals surface area contributed by atoms with E-state index in [-0.39, 0.29) is 12.5 Å². The molecule has 0 aliphatic carbocycles. The van der Waals surface area contributed by atoms with Gasteiger partial charge in [-0.1, -0.05) is 6.92 Å². The molecule has 1 aromatic rings. The quantitative estimate of drug-likeness (QED) is 0.755. The van der Waals surface area contributed by atoms with Crippen LogP contribution in [0.4, 0.5) is 0 Å². The normalized spacial score (nSPS) is 18.6. The van der Waals surface area contributed by atoms with Crippen molar-refractivity contribution in [2.24, 2.45) is 0 Å². The van der Waals surface area contributed by atoms with E-state index < -0.39 is 12.1 Å². The molecule has 1 saturated heterocycles. The molecule has 116 valence electrons. The number of esters is 1. The Bertz CT molecular complexity index is 526. The van der Waals surface area contributed by atoms with Gasteiger partial charge >= 0.3 is 5.97 Å². The molecule has 1 aliphatic rings. The first-order chi connectivity index (χ1) is 10.1. The third-order valence-electron chi connectivity index (χ3n) is 3.53. The highest BCUT2D eigenvalue weighted by Crippen LogP contribution is 2.13. The number of amides is 1. The molecule has 1 fully saturated rings. The highest BCUT2D eigenvalue weighted by molar-refractivity contribution is 5.93. The second-order valence-corrected chi connectivity index (χ2v) is 4.82. The monoisotopic (exact) mass is 295 g/mol. The average molecular weight is 295 g/mol. The van der Waals surface area contributed by atoms with E-state index in [4.69, 9.17) is 4.74 Å². The molecule has 1 amide bonds. The van der Waals surface area contributed by atoms with Gasteiger partial charge in [-0.25, -0.2) is 4.79 Å². The topological polar surface area (TPSA) is 73.7 Å². The maximum atomic E-state index is 12.6. The summed E-state index contributed by atoms with van der Waals surface area (Å²) in [5, 5.41) is 4.38. The van der Waals surface area contributed by atoms with Crippen LogP contribution in [0.1, 0.15) is 30.0 Å². The molecule has 1 atom stereocenters. The van der Waals surface area contributed by atoms with Crippen LogP contribution in [-0.4, -0.2) is 59.5 Å². The summed E-state index contributed by atoms with van der Waals surface area (Å²) in [6.45, 7) is 5.57. The SMILES string of the molecule is CCc1cc(C(=O)N2CCOC(C(=O)OC)C2)n(CC)n1. The Hall–Kier alpha value is -1.89. The molecule has 0 radical (unpaired) electrons. The van der Waals surface area contributed by atoms with Crippen molar-refractivity contribution in [3.8, 4) is 0 Å². The first-order valence-electron chi connectivity index (χ1n) is 7.16. The number of aromatic nitrogens is 2. The zero-order valence-corrected chi connectivity index (χ0v) is 12.7. The number of methoxy groups -OCH3 is 1. The minimum Gasteiger partial charge on any atom is -0.467 e. The van der Waals surface area contributed by atoms with Gasteiger partial charge in [-0.3, -0.25) is 9.48 Å². The Morgan fingerprint density at radius 1 is 1.48 bits per heavy atom. The van der Waals surface area contributed by atoms with Crippen LogP contribution >= 0.6 is 0 Å². The predicted octanol–water partition coefficient (Wildman–Crippen LogP) is 0.479. The van der Waals surface area contributed by atoms with E-state index >= 15 is 0 Å². The zero-order chi connectivity index (χ0) is 15.4. The Morgan fingerprint density at radius 3 is 2.86 bits per heavy atom. The Morgan fingerprint density at radius 2 is 2.24 bits per heavy atom. The summed E-state index contributed by atoms with van der Waals surface area (Å²) in [6, 6.07) is 1.81. The van der Waals surface area contributed by atoms with Crippen molar-refractivity contribution in [1.82, 2.24) is 14.7 Å². The third-order valence-corrected chi connectivity index (χ3v) is 3.53. The molecule has 0 N–H and O–H groups in total. The first-order valence-corrected chi connectivity index (χ1v) is 7.16. The lowest BCUT2D eigenvalue weighted by Gasteiger charge is -2.31. The maximum Gasteiger partial charge on any atom is 0.336 e. The summed E-state index contributed by atoms with van der Waals surface area (Å²) in [7, 11) is 1.31. The van der Waals surface area contributed by atoms with Crippen molar-refractivity contribution >= 4 is 11.9 Å². The lowest BCUT2D eigenvalue weighted by atomic mass is 10.2. The minimum absolute atomic E-state index is 0.124. The third kappa shape index (κ3) is 3.24. The van der Waals surface area contributed by atoms with Crippen molar-refractivity contribution in [1.29, 1.82) is 0 Å². The van der Waals surface area contributed by atoms with Gasteiger partial charge in [-0.05, 0) is 19.4 Å². The van der Waals surface area contributed by atoms with E-state index in [9.17, 15) is 9.59 Å². The molecular formula is C14H21N3O4. The Labute approximate surface area is 123 Å².